The number of carbonyl (C=O) groups is 3. The number of amidine groups is 1. The second kappa shape index (κ2) is 10.9. The zero-order chi connectivity index (χ0) is 26.6. The van der Waals surface area contributed by atoms with E-state index in [1.54, 1.807) is 0 Å². The molecule has 0 bridgehead atoms. The van der Waals surface area contributed by atoms with Crippen LogP contribution in [0.1, 0.15) is 27.9 Å². The predicted molar refractivity (Wildman–Crippen MR) is 134 cm³/mol. The third-order valence-corrected chi connectivity index (χ3v) is 6.58. The Bertz CT molecular complexity index is 1330. The van der Waals surface area contributed by atoms with Crippen LogP contribution < -0.4 is 5.32 Å². The number of rotatable bonds is 7. The van der Waals surface area contributed by atoms with Crippen LogP contribution in [0.4, 0.5) is 24.5 Å². The molecule has 190 valence electrons. The lowest BCUT2D eigenvalue weighted by Crippen LogP contribution is -2.33. The number of thioether (sulfide) groups is 1. The van der Waals surface area contributed by atoms with Gasteiger partial charge in [0.15, 0.2) is 5.17 Å². The van der Waals surface area contributed by atoms with Crippen molar-refractivity contribution in [2.75, 3.05) is 5.32 Å². The van der Waals surface area contributed by atoms with Crippen molar-refractivity contribution in [2.24, 2.45) is 4.99 Å². The van der Waals surface area contributed by atoms with Crippen LogP contribution in [0.5, 0.6) is 0 Å². The molecule has 1 fully saturated rings. The first kappa shape index (κ1) is 26.0. The minimum Gasteiger partial charge on any atom is -0.478 e. The van der Waals surface area contributed by atoms with Crippen molar-refractivity contribution in [3.63, 3.8) is 0 Å². The molecule has 2 amide bonds. The molecular weight excluding hydrogens is 507 g/mol. The maximum Gasteiger partial charge on any atom is 0.416 e. The Hall–Kier alpha value is -4.12. The van der Waals surface area contributed by atoms with E-state index in [-0.39, 0.29) is 35.3 Å². The first-order chi connectivity index (χ1) is 17.6. The van der Waals surface area contributed by atoms with Gasteiger partial charge in [-0.25, -0.2) is 9.79 Å². The molecule has 0 unspecified atom stereocenters. The van der Waals surface area contributed by atoms with Crippen molar-refractivity contribution in [3.8, 4) is 0 Å². The van der Waals surface area contributed by atoms with Gasteiger partial charge in [0.25, 0.3) is 0 Å². The molecule has 2 N–H and O–H groups in total. The van der Waals surface area contributed by atoms with Gasteiger partial charge < -0.3 is 10.4 Å². The molecule has 11 heteroatoms. The van der Waals surface area contributed by atoms with Crippen molar-refractivity contribution < 1.29 is 32.7 Å². The van der Waals surface area contributed by atoms with E-state index in [1.807, 2.05) is 30.3 Å². The van der Waals surface area contributed by atoms with Gasteiger partial charge >= 0.3 is 12.1 Å². The number of nitrogens with zero attached hydrogens (tertiary/aromatic N) is 2. The average molecular weight is 528 g/mol. The summed E-state index contributed by atoms with van der Waals surface area (Å²) in [4.78, 5) is 42.7. The molecule has 1 saturated heterocycles. The number of carboxylic acid groups (broad SMARTS) is 1. The van der Waals surface area contributed by atoms with Gasteiger partial charge in [-0.1, -0.05) is 42.1 Å². The number of aromatic carboxylic acids is 1. The number of alkyl halides is 3. The molecule has 0 spiro atoms. The van der Waals surface area contributed by atoms with Gasteiger partial charge in [-0.05, 0) is 54.1 Å². The minimum absolute atomic E-state index is 0.0696. The molecule has 0 saturated carbocycles. The quantitative estimate of drug-likeness (QED) is 0.419. The summed E-state index contributed by atoms with van der Waals surface area (Å²) in [6, 6.07) is 19.0. The summed E-state index contributed by atoms with van der Waals surface area (Å²) in [6.45, 7) is 0.181. The zero-order valence-corrected chi connectivity index (χ0v) is 19.9. The topological polar surface area (TPSA) is 99.1 Å². The Morgan fingerprint density at radius 3 is 2.22 bits per heavy atom. The Morgan fingerprint density at radius 2 is 1.62 bits per heavy atom. The van der Waals surface area contributed by atoms with Crippen molar-refractivity contribution in [1.82, 2.24) is 4.90 Å². The van der Waals surface area contributed by atoms with Gasteiger partial charge in [0.2, 0.25) is 11.8 Å². The van der Waals surface area contributed by atoms with Crippen molar-refractivity contribution >= 4 is 46.1 Å². The summed E-state index contributed by atoms with van der Waals surface area (Å²) in [5, 5.41) is 11.1. The predicted octanol–water partition coefficient (Wildman–Crippen LogP) is 5.56. The number of amides is 2. The highest BCUT2D eigenvalue weighted by atomic mass is 32.2. The minimum atomic E-state index is -4.48. The molecule has 37 heavy (non-hydrogen) atoms. The summed E-state index contributed by atoms with van der Waals surface area (Å²) in [7, 11) is 0. The Kier molecular flexibility index (Phi) is 7.63. The summed E-state index contributed by atoms with van der Waals surface area (Å²) >= 11 is 1.06. The number of aliphatic imine (C=N–C) groups is 1. The number of anilines is 1. The molecule has 0 aliphatic carbocycles. The molecule has 1 aliphatic heterocycles. The van der Waals surface area contributed by atoms with E-state index in [1.165, 1.54) is 41.3 Å². The lowest BCUT2D eigenvalue weighted by molar-refractivity contribution is -0.137. The van der Waals surface area contributed by atoms with Crippen LogP contribution in [0.3, 0.4) is 0 Å². The smallest absolute Gasteiger partial charge is 0.416 e. The van der Waals surface area contributed by atoms with E-state index in [0.717, 1.165) is 29.5 Å². The van der Waals surface area contributed by atoms with Crippen LogP contribution in [-0.2, 0) is 22.3 Å². The maximum absolute atomic E-state index is 13.2. The summed E-state index contributed by atoms with van der Waals surface area (Å²) in [5.41, 5.74) is 0.703. The normalized spacial score (nSPS) is 16.7. The highest BCUT2D eigenvalue weighted by molar-refractivity contribution is 8.15. The first-order valence-electron chi connectivity index (χ1n) is 11.0. The fourth-order valence-electron chi connectivity index (χ4n) is 3.55. The Labute approximate surface area is 214 Å². The first-order valence-corrected chi connectivity index (χ1v) is 11.9. The second-order valence-electron chi connectivity index (χ2n) is 8.09. The summed E-state index contributed by atoms with van der Waals surface area (Å²) in [6.07, 6.45) is -4.66. The molecule has 1 atom stereocenters. The van der Waals surface area contributed by atoms with Gasteiger partial charge in [0.1, 0.15) is 5.25 Å². The second-order valence-corrected chi connectivity index (χ2v) is 9.26. The SMILES string of the molecule is O=C(C[C@@H]1SC(=Nc2ccc(C(F)(F)F)cc2)N(Cc2ccccc2)C1=O)Nc1ccc(C(=O)O)cc1. The van der Waals surface area contributed by atoms with E-state index in [0.29, 0.717) is 5.69 Å². The lowest BCUT2D eigenvalue weighted by atomic mass is 10.2. The molecule has 7 nitrogen and oxygen atoms in total. The van der Waals surface area contributed by atoms with Gasteiger partial charge in [-0.15, -0.1) is 0 Å². The third kappa shape index (κ3) is 6.56. The van der Waals surface area contributed by atoms with Gasteiger partial charge in [-0.3, -0.25) is 14.5 Å². The van der Waals surface area contributed by atoms with Gasteiger partial charge in [-0.2, -0.15) is 13.2 Å². The number of halogens is 3. The van der Waals surface area contributed by atoms with Crippen molar-refractivity contribution in [1.29, 1.82) is 0 Å². The van der Waals surface area contributed by atoms with Crippen molar-refractivity contribution in [2.45, 2.75) is 24.4 Å². The molecule has 1 heterocycles. The number of hydrogen-bond acceptors (Lipinski definition) is 5. The molecule has 3 aromatic carbocycles. The average Bonchev–Trinajstić information content (AvgIpc) is 3.13. The van der Waals surface area contributed by atoms with Gasteiger partial charge in [0.05, 0.1) is 23.4 Å². The van der Waals surface area contributed by atoms with E-state index in [4.69, 9.17) is 5.11 Å². The number of hydrogen-bond donors (Lipinski definition) is 2. The van der Waals surface area contributed by atoms with E-state index < -0.39 is 28.9 Å². The van der Waals surface area contributed by atoms with Crippen LogP contribution in [0.25, 0.3) is 0 Å². The van der Waals surface area contributed by atoms with Crippen LogP contribution >= 0.6 is 11.8 Å². The number of nitrogens with one attached hydrogen (secondary N) is 1. The molecular formula is C26H20F3N3O4S. The molecule has 4 rings (SSSR count). The van der Waals surface area contributed by atoms with Crippen LogP contribution in [0.15, 0.2) is 83.9 Å². The fraction of sp³-hybridized carbons (Fsp3) is 0.154. The molecule has 0 radical (unpaired) electrons. The number of carboxylic acids is 1. The van der Waals surface area contributed by atoms with Crippen LogP contribution in [0.2, 0.25) is 0 Å². The summed E-state index contributed by atoms with van der Waals surface area (Å²) < 4.78 is 38.7. The highest BCUT2D eigenvalue weighted by Crippen LogP contribution is 2.34. The van der Waals surface area contributed by atoms with Gasteiger partial charge in [0, 0.05) is 12.1 Å². The maximum atomic E-state index is 13.2. The molecule has 1 aliphatic rings. The monoisotopic (exact) mass is 527 g/mol. The molecule has 0 aromatic heterocycles. The number of carbonyl (C=O) groups excluding carboxylic acids is 2. The summed E-state index contributed by atoms with van der Waals surface area (Å²) in [5.74, 6) is -1.90. The van der Waals surface area contributed by atoms with Crippen LogP contribution in [-0.4, -0.2) is 38.2 Å². The number of benzene rings is 3. The zero-order valence-electron chi connectivity index (χ0n) is 19.1. The van der Waals surface area contributed by atoms with Crippen molar-refractivity contribution in [3.05, 3.63) is 95.6 Å². The largest absolute Gasteiger partial charge is 0.478 e. The van der Waals surface area contributed by atoms with E-state index >= 15 is 0 Å². The van der Waals surface area contributed by atoms with E-state index in [9.17, 15) is 27.6 Å². The van der Waals surface area contributed by atoms with Crippen LogP contribution in [0, 0.1) is 0 Å². The fourth-order valence-corrected chi connectivity index (χ4v) is 4.71. The molecule has 3 aromatic rings. The van der Waals surface area contributed by atoms with E-state index in [2.05, 4.69) is 10.3 Å². The Morgan fingerprint density at radius 1 is 0.973 bits per heavy atom. The highest BCUT2D eigenvalue weighted by Gasteiger charge is 2.39. The third-order valence-electron chi connectivity index (χ3n) is 5.41. The lowest BCUT2D eigenvalue weighted by Gasteiger charge is -2.16. The standard InChI is InChI=1S/C26H20F3N3O4S/c27-26(28,29)18-8-12-20(13-9-18)31-25-32(15-16-4-2-1-3-5-16)23(34)21(37-25)14-22(33)30-19-10-6-17(7-11-19)24(35)36/h1-13,21H,14-15H2,(H,30,33)(H,35,36)/t21-/m0/s1. The Balaban J connectivity index is 1.52.